The molecular formula is C18H24N2OS. The van der Waals surface area contributed by atoms with Crippen LogP contribution in [0, 0.1) is 0 Å². The van der Waals surface area contributed by atoms with Gasteiger partial charge in [0.1, 0.15) is 0 Å². The molecule has 0 radical (unpaired) electrons. The van der Waals surface area contributed by atoms with Crippen molar-refractivity contribution in [1.29, 1.82) is 0 Å². The van der Waals surface area contributed by atoms with Crippen molar-refractivity contribution in [2.24, 2.45) is 0 Å². The van der Waals surface area contributed by atoms with Crippen molar-refractivity contribution < 1.29 is 4.79 Å². The van der Waals surface area contributed by atoms with E-state index >= 15 is 0 Å². The second-order valence-corrected chi connectivity index (χ2v) is 6.75. The average molecular weight is 316 g/mol. The normalized spacial score (nSPS) is 13.9. The standard InChI is InChI=1S/C18H24N2OS/c1-12(2)14-7-9-15(10-8-14)17(16-6-5-11-22-16)20-13(3)18(21)19-4/h5-13,17,20H,1-4H3,(H,19,21)/t13-,17+/m1/s1. The molecule has 4 heteroatoms. The summed E-state index contributed by atoms with van der Waals surface area (Å²) in [6.07, 6.45) is 0. The summed E-state index contributed by atoms with van der Waals surface area (Å²) in [4.78, 5) is 13.0. The molecule has 0 spiro atoms. The van der Waals surface area contributed by atoms with Crippen LogP contribution in [0.5, 0.6) is 0 Å². The summed E-state index contributed by atoms with van der Waals surface area (Å²) in [5.74, 6) is 0.521. The number of rotatable bonds is 6. The lowest BCUT2D eigenvalue weighted by atomic mass is 9.98. The molecule has 0 unspecified atom stereocenters. The molecule has 2 rings (SSSR count). The van der Waals surface area contributed by atoms with Crippen LogP contribution in [0.3, 0.4) is 0 Å². The molecule has 0 aliphatic rings. The predicted octanol–water partition coefficient (Wildman–Crippen LogP) is 3.69. The Morgan fingerprint density at radius 2 is 1.68 bits per heavy atom. The van der Waals surface area contributed by atoms with Crippen LogP contribution in [0.25, 0.3) is 0 Å². The number of carbonyl (C=O) groups is 1. The summed E-state index contributed by atoms with van der Waals surface area (Å²) >= 11 is 1.70. The van der Waals surface area contributed by atoms with Gasteiger partial charge >= 0.3 is 0 Å². The second kappa shape index (κ2) is 7.56. The van der Waals surface area contributed by atoms with Crippen LogP contribution in [0.1, 0.15) is 48.7 Å². The Hall–Kier alpha value is -1.65. The lowest BCUT2D eigenvalue weighted by Crippen LogP contribution is -2.42. The highest BCUT2D eigenvalue weighted by Gasteiger charge is 2.20. The van der Waals surface area contributed by atoms with Gasteiger partial charge in [-0.25, -0.2) is 0 Å². The number of thiophene rings is 1. The van der Waals surface area contributed by atoms with Gasteiger partial charge in [0.05, 0.1) is 12.1 Å². The average Bonchev–Trinajstić information content (AvgIpc) is 3.05. The predicted molar refractivity (Wildman–Crippen MR) is 93.4 cm³/mol. The molecular weight excluding hydrogens is 292 g/mol. The van der Waals surface area contributed by atoms with Crippen molar-refractivity contribution in [3.05, 3.63) is 57.8 Å². The number of nitrogens with one attached hydrogen (secondary N) is 2. The first-order valence-electron chi connectivity index (χ1n) is 7.63. The van der Waals surface area contributed by atoms with E-state index in [4.69, 9.17) is 0 Å². The fourth-order valence-corrected chi connectivity index (χ4v) is 3.23. The van der Waals surface area contributed by atoms with Crippen molar-refractivity contribution >= 4 is 17.2 Å². The van der Waals surface area contributed by atoms with Crippen molar-refractivity contribution in [3.8, 4) is 0 Å². The van der Waals surface area contributed by atoms with Gasteiger partial charge in [0.15, 0.2) is 0 Å². The third-order valence-electron chi connectivity index (χ3n) is 3.82. The Morgan fingerprint density at radius 3 is 2.18 bits per heavy atom. The van der Waals surface area contributed by atoms with Gasteiger partial charge in [-0.2, -0.15) is 0 Å². The zero-order valence-electron chi connectivity index (χ0n) is 13.6. The van der Waals surface area contributed by atoms with E-state index in [1.54, 1.807) is 18.4 Å². The summed E-state index contributed by atoms with van der Waals surface area (Å²) in [7, 11) is 1.66. The SMILES string of the molecule is CNC(=O)[C@@H](C)N[C@@H](c1ccc(C(C)C)cc1)c1cccs1. The van der Waals surface area contributed by atoms with Crippen LogP contribution >= 0.6 is 11.3 Å². The summed E-state index contributed by atoms with van der Waals surface area (Å²) in [6.45, 7) is 6.28. The van der Waals surface area contributed by atoms with E-state index in [1.165, 1.54) is 16.0 Å². The lowest BCUT2D eigenvalue weighted by Gasteiger charge is -2.22. The summed E-state index contributed by atoms with van der Waals surface area (Å²) in [5, 5.41) is 8.19. The molecule has 2 N–H and O–H groups in total. The van der Waals surface area contributed by atoms with Gasteiger partial charge in [0.25, 0.3) is 0 Å². The molecule has 118 valence electrons. The van der Waals surface area contributed by atoms with Gasteiger partial charge in [-0.05, 0) is 35.4 Å². The summed E-state index contributed by atoms with van der Waals surface area (Å²) < 4.78 is 0. The maximum Gasteiger partial charge on any atom is 0.236 e. The third-order valence-corrected chi connectivity index (χ3v) is 4.76. The van der Waals surface area contributed by atoms with Crippen LogP contribution < -0.4 is 10.6 Å². The first kappa shape index (κ1) is 16.7. The van der Waals surface area contributed by atoms with Gasteiger partial charge in [-0.1, -0.05) is 44.2 Å². The molecule has 0 bridgehead atoms. The van der Waals surface area contributed by atoms with Crippen molar-refractivity contribution in [2.45, 2.75) is 38.8 Å². The van der Waals surface area contributed by atoms with E-state index in [2.05, 4.69) is 60.2 Å². The van der Waals surface area contributed by atoms with Gasteiger partial charge in [-0.3, -0.25) is 10.1 Å². The number of hydrogen-bond donors (Lipinski definition) is 2. The minimum absolute atomic E-state index is 0.000330. The molecule has 0 saturated heterocycles. The largest absolute Gasteiger partial charge is 0.358 e. The molecule has 22 heavy (non-hydrogen) atoms. The molecule has 1 heterocycles. The van der Waals surface area contributed by atoms with Crippen LogP contribution in [-0.4, -0.2) is 19.0 Å². The molecule has 2 aromatic rings. The molecule has 0 aliphatic heterocycles. The number of carbonyl (C=O) groups excluding carboxylic acids is 1. The molecule has 1 amide bonds. The molecule has 0 aliphatic carbocycles. The van der Waals surface area contributed by atoms with E-state index in [1.807, 2.05) is 13.0 Å². The fourth-order valence-electron chi connectivity index (χ4n) is 2.41. The lowest BCUT2D eigenvalue weighted by molar-refractivity contribution is -0.122. The Kier molecular flexibility index (Phi) is 5.75. The third kappa shape index (κ3) is 3.96. The smallest absolute Gasteiger partial charge is 0.236 e. The summed E-state index contributed by atoms with van der Waals surface area (Å²) in [5.41, 5.74) is 2.51. The summed E-state index contributed by atoms with van der Waals surface area (Å²) in [6, 6.07) is 12.6. The Bertz CT molecular complexity index is 590. The second-order valence-electron chi connectivity index (χ2n) is 5.77. The Balaban J connectivity index is 2.26. The maximum absolute atomic E-state index is 11.8. The van der Waals surface area contributed by atoms with E-state index in [9.17, 15) is 4.79 Å². The zero-order valence-corrected chi connectivity index (χ0v) is 14.4. The van der Waals surface area contributed by atoms with Gasteiger partial charge in [0, 0.05) is 11.9 Å². The van der Waals surface area contributed by atoms with Crippen LogP contribution in [0.15, 0.2) is 41.8 Å². The minimum Gasteiger partial charge on any atom is -0.358 e. The van der Waals surface area contributed by atoms with Crippen molar-refractivity contribution in [1.82, 2.24) is 10.6 Å². The van der Waals surface area contributed by atoms with E-state index < -0.39 is 0 Å². The van der Waals surface area contributed by atoms with Gasteiger partial charge in [-0.15, -0.1) is 11.3 Å². The number of likely N-dealkylation sites (N-methyl/N-ethyl adjacent to an activating group) is 1. The molecule has 1 aromatic heterocycles. The molecule has 0 fully saturated rings. The first-order valence-corrected chi connectivity index (χ1v) is 8.51. The van der Waals surface area contributed by atoms with Crippen molar-refractivity contribution in [3.63, 3.8) is 0 Å². The number of hydrogen-bond acceptors (Lipinski definition) is 3. The number of amides is 1. The molecule has 0 saturated carbocycles. The van der Waals surface area contributed by atoms with Crippen LogP contribution in [0.4, 0.5) is 0 Å². The monoisotopic (exact) mass is 316 g/mol. The number of benzene rings is 1. The maximum atomic E-state index is 11.8. The van der Waals surface area contributed by atoms with E-state index in [0.717, 1.165) is 0 Å². The van der Waals surface area contributed by atoms with Crippen molar-refractivity contribution in [2.75, 3.05) is 7.05 Å². The fraction of sp³-hybridized carbons (Fsp3) is 0.389. The molecule has 3 nitrogen and oxygen atoms in total. The Labute approximate surface area is 136 Å². The highest BCUT2D eigenvalue weighted by Crippen LogP contribution is 2.27. The molecule has 1 aromatic carbocycles. The van der Waals surface area contributed by atoms with E-state index in [0.29, 0.717) is 5.92 Å². The van der Waals surface area contributed by atoms with Gasteiger partial charge < -0.3 is 5.32 Å². The minimum atomic E-state index is -0.248. The zero-order chi connectivity index (χ0) is 16.1. The topological polar surface area (TPSA) is 41.1 Å². The highest BCUT2D eigenvalue weighted by atomic mass is 32.1. The first-order chi connectivity index (χ1) is 10.5. The molecule has 2 atom stereocenters. The van der Waals surface area contributed by atoms with Crippen LogP contribution in [-0.2, 0) is 4.79 Å². The Morgan fingerprint density at radius 1 is 1.05 bits per heavy atom. The quantitative estimate of drug-likeness (QED) is 0.853. The van der Waals surface area contributed by atoms with E-state index in [-0.39, 0.29) is 18.0 Å². The van der Waals surface area contributed by atoms with Gasteiger partial charge in [0.2, 0.25) is 5.91 Å². The highest BCUT2D eigenvalue weighted by molar-refractivity contribution is 7.10. The van der Waals surface area contributed by atoms with Crippen LogP contribution in [0.2, 0.25) is 0 Å².